The predicted octanol–water partition coefficient (Wildman–Crippen LogP) is 4.36. The second-order valence-electron chi connectivity index (χ2n) is 8.93. The van der Waals surface area contributed by atoms with Crippen molar-refractivity contribution < 1.29 is 9.47 Å². The van der Waals surface area contributed by atoms with E-state index >= 15 is 0 Å². The van der Waals surface area contributed by atoms with Crippen LogP contribution in [-0.4, -0.2) is 63.4 Å². The zero-order valence-corrected chi connectivity index (χ0v) is 19.8. The highest BCUT2D eigenvalue weighted by Gasteiger charge is 2.21. The molecule has 33 heavy (non-hydrogen) atoms. The van der Waals surface area contributed by atoms with E-state index in [1.165, 1.54) is 40.9 Å². The molecule has 1 aromatic heterocycles. The van der Waals surface area contributed by atoms with E-state index in [2.05, 4.69) is 39.4 Å². The molecule has 2 heterocycles. The van der Waals surface area contributed by atoms with Crippen molar-refractivity contribution in [2.45, 2.75) is 25.7 Å². The van der Waals surface area contributed by atoms with Crippen LogP contribution in [0, 0.1) is 0 Å². The van der Waals surface area contributed by atoms with Crippen LogP contribution in [0.3, 0.4) is 0 Å². The first-order valence-electron chi connectivity index (χ1n) is 12.1. The average Bonchev–Trinajstić information content (AvgIpc) is 2.88. The number of hydrogen-bond donors (Lipinski definition) is 1. The second-order valence-corrected chi connectivity index (χ2v) is 8.93. The lowest BCUT2D eigenvalue weighted by molar-refractivity contribution is 0.266. The molecule has 2 aliphatic rings. The Hall–Kier alpha value is -2.99. The zero-order valence-electron chi connectivity index (χ0n) is 19.8. The second kappa shape index (κ2) is 9.87. The minimum atomic E-state index is 0.885. The van der Waals surface area contributed by atoms with Crippen molar-refractivity contribution in [2.75, 3.05) is 63.7 Å². The summed E-state index contributed by atoms with van der Waals surface area (Å²) in [6.07, 6.45) is 4.66. The third-order valence-corrected chi connectivity index (χ3v) is 7.00. The predicted molar refractivity (Wildman–Crippen MR) is 135 cm³/mol. The van der Waals surface area contributed by atoms with E-state index in [0.29, 0.717) is 0 Å². The molecule has 3 aromatic rings. The van der Waals surface area contributed by atoms with Crippen LogP contribution in [0.4, 0.5) is 11.4 Å². The summed E-state index contributed by atoms with van der Waals surface area (Å²) in [4.78, 5) is 9.96. The summed E-state index contributed by atoms with van der Waals surface area (Å²) in [5, 5.41) is 4.98. The molecule has 1 saturated heterocycles. The average molecular weight is 447 g/mol. The molecule has 174 valence electrons. The fourth-order valence-electron chi connectivity index (χ4n) is 5.17. The van der Waals surface area contributed by atoms with E-state index in [1.54, 1.807) is 14.2 Å². The van der Waals surface area contributed by atoms with E-state index in [1.807, 2.05) is 18.2 Å². The van der Waals surface area contributed by atoms with Gasteiger partial charge in [-0.15, -0.1) is 0 Å². The highest BCUT2D eigenvalue weighted by Crippen LogP contribution is 2.35. The Morgan fingerprint density at radius 1 is 0.939 bits per heavy atom. The number of aromatic nitrogens is 1. The maximum atomic E-state index is 5.56. The quantitative estimate of drug-likeness (QED) is 0.582. The van der Waals surface area contributed by atoms with Crippen LogP contribution < -0.4 is 19.7 Å². The lowest BCUT2D eigenvalue weighted by Gasteiger charge is -2.36. The number of para-hydroxylation sites is 2. The lowest BCUT2D eigenvalue weighted by Crippen LogP contribution is -2.47. The lowest BCUT2D eigenvalue weighted by atomic mass is 9.92. The van der Waals surface area contributed by atoms with Crippen LogP contribution in [0.15, 0.2) is 42.5 Å². The molecule has 5 rings (SSSR count). The van der Waals surface area contributed by atoms with Crippen molar-refractivity contribution in [2.24, 2.45) is 0 Å². The summed E-state index contributed by atoms with van der Waals surface area (Å²) in [7, 11) is 3.47. The van der Waals surface area contributed by atoms with Crippen LogP contribution in [0.5, 0.6) is 11.5 Å². The Morgan fingerprint density at radius 3 is 2.58 bits per heavy atom. The van der Waals surface area contributed by atoms with Crippen molar-refractivity contribution in [3.63, 3.8) is 0 Å². The largest absolute Gasteiger partial charge is 0.497 e. The number of rotatable bonds is 7. The van der Waals surface area contributed by atoms with Gasteiger partial charge in [0, 0.05) is 56.0 Å². The van der Waals surface area contributed by atoms with E-state index in [0.717, 1.165) is 69.1 Å². The highest BCUT2D eigenvalue weighted by molar-refractivity contribution is 5.94. The Balaban J connectivity index is 1.25. The molecule has 0 spiro atoms. The van der Waals surface area contributed by atoms with Gasteiger partial charge in [-0.1, -0.05) is 12.1 Å². The summed E-state index contributed by atoms with van der Waals surface area (Å²) in [5.74, 6) is 1.84. The maximum Gasteiger partial charge on any atom is 0.142 e. The standard InChI is InChI=1S/C27H34N4O2/c1-32-20-11-12-24-22(19-20)27(21-7-3-4-8-23(21)29-24)28-13-14-30-15-17-31(18-16-30)25-9-5-6-10-26(25)33-2/h5-6,9-12,19H,3-4,7-8,13-18H2,1-2H3,(H,28,29). The normalized spacial score (nSPS) is 16.5. The Kier molecular flexibility index (Phi) is 6.53. The summed E-state index contributed by atoms with van der Waals surface area (Å²) in [6.45, 7) is 6.11. The number of anilines is 2. The number of hydrogen-bond acceptors (Lipinski definition) is 6. The molecular formula is C27H34N4O2. The van der Waals surface area contributed by atoms with Gasteiger partial charge in [-0.05, 0) is 61.6 Å². The molecule has 0 unspecified atom stereocenters. The number of aryl methyl sites for hydroxylation is 1. The van der Waals surface area contributed by atoms with Crippen molar-refractivity contribution in [3.05, 3.63) is 53.7 Å². The van der Waals surface area contributed by atoms with Gasteiger partial charge in [0.15, 0.2) is 0 Å². The fraction of sp³-hybridized carbons (Fsp3) is 0.444. The van der Waals surface area contributed by atoms with Crippen LogP contribution >= 0.6 is 0 Å². The number of nitrogens with one attached hydrogen (secondary N) is 1. The Morgan fingerprint density at radius 2 is 1.76 bits per heavy atom. The highest BCUT2D eigenvalue weighted by atomic mass is 16.5. The van der Waals surface area contributed by atoms with Crippen molar-refractivity contribution in [1.82, 2.24) is 9.88 Å². The number of methoxy groups -OCH3 is 2. The van der Waals surface area contributed by atoms with E-state index in [9.17, 15) is 0 Å². The Labute approximate surface area is 196 Å². The first-order chi connectivity index (χ1) is 16.3. The summed E-state index contributed by atoms with van der Waals surface area (Å²) >= 11 is 0. The van der Waals surface area contributed by atoms with Gasteiger partial charge < -0.3 is 19.7 Å². The van der Waals surface area contributed by atoms with Gasteiger partial charge in [-0.2, -0.15) is 0 Å². The number of pyridine rings is 1. The molecule has 0 atom stereocenters. The van der Waals surface area contributed by atoms with Crippen LogP contribution in [-0.2, 0) is 12.8 Å². The Bertz CT molecular complexity index is 1110. The molecule has 1 N–H and O–H groups in total. The van der Waals surface area contributed by atoms with Gasteiger partial charge in [-0.25, -0.2) is 0 Å². The molecule has 0 bridgehead atoms. The molecule has 1 fully saturated rings. The van der Waals surface area contributed by atoms with Gasteiger partial charge >= 0.3 is 0 Å². The molecule has 1 aliphatic carbocycles. The van der Waals surface area contributed by atoms with Gasteiger partial charge in [0.05, 0.1) is 25.4 Å². The van der Waals surface area contributed by atoms with Gasteiger partial charge in [-0.3, -0.25) is 9.88 Å². The molecule has 6 nitrogen and oxygen atoms in total. The molecule has 0 saturated carbocycles. The SMILES string of the molecule is COc1ccc2nc3c(c(NCCN4CCN(c5ccccc5OC)CC4)c2c1)CCCC3. The topological polar surface area (TPSA) is 49.9 Å². The van der Waals surface area contributed by atoms with E-state index in [-0.39, 0.29) is 0 Å². The third kappa shape index (κ3) is 4.58. The van der Waals surface area contributed by atoms with Gasteiger partial charge in [0.2, 0.25) is 0 Å². The number of ether oxygens (including phenoxy) is 2. The van der Waals surface area contributed by atoms with Crippen molar-refractivity contribution >= 4 is 22.3 Å². The van der Waals surface area contributed by atoms with Gasteiger partial charge in [0.1, 0.15) is 11.5 Å². The first-order valence-corrected chi connectivity index (χ1v) is 12.1. The molecular weight excluding hydrogens is 412 g/mol. The van der Waals surface area contributed by atoms with Crippen molar-refractivity contribution in [1.29, 1.82) is 0 Å². The summed E-state index contributed by atoms with van der Waals surface area (Å²) in [5.41, 5.74) is 6.20. The summed E-state index contributed by atoms with van der Waals surface area (Å²) < 4.78 is 11.1. The van der Waals surface area contributed by atoms with Crippen LogP contribution in [0.2, 0.25) is 0 Å². The third-order valence-electron chi connectivity index (χ3n) is 7.00. The smallest absolute Gasteiger partial charge is 0.142 e. The van der Waals surface area contributed by atoms with Crippen LogP contribution in [0.1, 0.15) is 24.1 Å². The van der Waals surface area contributed by atoms with Gasteiger partial charge in [0.25, 0.3) is 0 Å². The molecule has 0 amide bonds. The van der Waals surface area contributed by atoms with E-state index in [4.69, 9.17) is 14.5 Å². The fourth-order valence-corrected chi connectivity index (χ4v) is 5.17. The zero-order chi connectivity index (χ0) is 22.6. The van der Waals surface area contributed by atoms with E-state index < -0.39 is 0 Å². The molecule has 2 aromatic carbocycles. The minimum absolute atomic E-state index is 0.885. The summed E-state index contributed by atoms with van der Waals surface area (Å²) in [6, 6.07) is 14.5. The first kappa shape index (κ1) is 21.8. The number of fused-ring (bicyclic) bond motifs is 2. The monoisotopic (exact) mass is 446 g/mol. The number of nitrogens with zero attached hydrogens (tertiary/aromatic N) is 3. The molecule has 6 heteroatoms. The number of benzene rings is 2. The molecule has 1 aliphatic heterocycles. The minimum Gasteiger partial charge on any atom is -0.497 e. The number of piperazine rings is 1. The maximum absolute atomic E-state index is 5.56. The van der Waals surface area contributed by atoms with Crippen LogP contribution in [0.25, 0.3) is 10.9 Å². The molecule has 0 radical (unpaired) electrons. The van der Waals surface area contributed by atoms with Crippen molar-refractivity contribution in [3.8, 4) is 11.5 Å².